The Morgan fingerprint density at radius 2 is 1.89 bits per heavy atom. The molecule has 1 aliphatic carbocycles. The summed E-state index contributed by atoms with van der Waals surface area (Å²) in [5.41, 5.74) is 7.17. The van der Waals surface area contributed by atoms with E-state index in [9.17, 15) is 0 Å². The van der Waals surface area contributed by atoms with Crippen molar-refractivity contribution >= 4 is 0 Å². The maximum Gasteiger partial charge on any atom is 0.0281 e. The summed E-state index contributed by atoms with van der Waals surface area (Å²) in [7, 11) is 0. The van der Waals surface area contributed by atoms with Gasteiger partial charge in [0.05, 0.1) is 0 Å². The van der Waals surface area contributed by atoms with Crippen LogP contribution in [0.5, 0.6) is 0 Å². The average molecular weight is 246 g/mol. The van der Waals surface area contributed by atoms with Gasteiger partial charge in [0, 0.05) is 6.04 Å². The third-order valence-corrected chi connectivity index (χ3v) is 4.40. The SMILES string of the molecule is Cc1cc(C)cc(CC(NN)C2CCCC2C)c1. The van der Waals surface area contributed by atoms with E-state index >= 15 is 0 Å². The van der Waals surface area contributed by atoms with Crippen molar-refractivity contribution in [1.29, 1.82) is 0 Å². The molecule has 100 valence electrons. The standard InChI is InChI=1S/C16H26N2/c1-11-7-12(2)9-14(8-11)10-16(18-17)15-6-4-5-13(15)3/h7-9,13,15-16,18H,4-6,10,17H2,1-3H3. The van der Waals surface area contributed by atoms with E-state index in [0.717, 1.165) is 18.3 Å². The maximum atomic E-state index is 5.79. The minimum absolute atomic E-state index is 0.420. The molecule has 0 radical (unpaired) electrons. The molecule has 3 N–H and O–H groups in total. The Morgan fingerprint density at radius 1 is 1.22 bits per heavy atom. The van der Waals surface area contributed by atoms with Crippen LogP contribution >= 0.6 is 0 Å². The summed E-state index contributed by atoms with van der Waals surface area (Å²) in [6, 6.07) is 7.23. The molecule has 1 fully saturated rings. The molecular weight excluding hydrogens is 220 g/mol. The molecule has 2 nitrogen and oxygen atoms in total. The normalized spacial score (nSPS) is 25.3. The molecule has 0 aromatic heterocycles. The minimum Gasteiger partial charge on any atom is -0.271 e. The van der Waals surface area contributed by atoms with Crippen LogP contribution in [-0.4, -0.2) is 6.04 Å². The molecule has 2 rings (SSSR count). The van der Waals surface area contributed by atoms with Crippen molar-refractivity contribution < 1.29 is 0 Å². The number of nitrogens with two attached hydrogens (primary N) is 1. The predicted octanol–water partition coefficient (Wildman–Crippen LogP) is 3.11. The molecule has 0 bridgehead atoms. The average Bonchev–Trinajstić information content (AvgIpc) is 2.71. The summed E-state index contributed by atoms with van der Waals surface area (Å²) in [4.78, 5) is 0. The zero-order valence-electron chi connectivity index (χ0n) is 11.9. The summed E-state index contributed by atoms with van der Waals surface area (Å²) >= 11 is 0. The molecule has 18 heavy (non-hydrogen) atoms. The van der Waals surface area contributed by atoms with Crippen LogP contribution in [0.2, 0.25) is 0 Å². The first-order chi connectivity index (χ1) is 8.60. The monoisotopic (exact) mass is 246 g/mol. The smallest absolute Gasteiger partial charge is 0.0281 e. The number of nitrogens with one attached hydrogen (secondary N) is 1. The lowest BCUT2D eigenvalue weighted by Crippen LogP contribution is -2.43. The zero-order valence-corrected chi connectivity index (χ0v) is 11.9. The second-order valence-corrected chi connectivity index (χ2v) is 6.05. The Morgan fingerprint density at radius 3 is 2.39 bits per heavy atom. The third kappa shape index (κ3) is 3.12. The fourth-order valence-electron chi connectivity index (χ4n) is 3.55. The lowest BCUT2D eigenvalue weighted by Gasteiger charge is -2.26. The lowest BCUT2D eigenvalue weighted by atomic mass is 9.86. The highest BCUT2D eigenvalue weighted by atomic mass is 15.2. The molecular formula is C16H26N2. The number of aryl methyl sites for hydroxylation is 2. The van der Waals surface area contributed by atoms with Crippen LogP contribution in [0.3, 0.4) is 0 Å². The van der Waals surface area contributed by atoms with Crippen LogP contribution in [0.15, 0.2) is 18.2 Å². The summed E-state index contributed by atoms with van der Waals surface area (Å²) in [6.07, 6.45) is 5.08. The zero-order chi connectivity index (χ0) is 13.1. The third-order valence-electron chi connectivity index (χ3n) is 4.40. The van der Waals surface area contributed by atoms with Crippen LogP contribution in [0.4, 0.5) is 0 Å². The van der Waals surface area contributed by atoms with Crippen LogP contribution in [-0.2, 0) is 6.42 Å². The van der Waals surface area contributed by atoms with Crippen LogP contribution < -0.4 is 11.3 Å². The molecule has 1 aliphatic rings. The van der Waals surface area contributed by atoms with Gasteiger partial charge in [-0.1, -0.05) is 49.1 Å². The van der Waals surface area contributed by atoms with Gasteiger partial charge in [-0.2, -0.15) is 0 Å². The summed E-state index contributed by atoms with van der Waals surface area (Å²) in [5.74, 6) is 7.32. The summed E-state index contributed by atoms with van der Waals surface area (Å²) < 4.78 is 0. The van der Waals surface area contributed by atoms with Crippen molar-refractivity contribution in [2.45, 2.75) is 52.5 Å². The number of rotatable bonds is 4. The van der Waals surface area contributed by atoms with E-state index in [1.54, 1.807) is 0 Å². The van der Waals surface area contributed by atoms with Crippen molar-refractivity contribution in [3.63, 3.8) is 0 Å². The van der Waals surface area contributed by atoms with Gasteiger partial charge >= 0.3 is 0 Å². The summed E-state index contributed by atoms with van der Waals surface area (Å²) in [6.45, 7) is 6.70. The summed E-state index contributed by atoms with van der Waals surface area (Å²) in [5, 5.41) is 0. The highest BCUT2D eigenvalue weighted by Gasteiger charge is 2.30. The second-order valence-electron chi connectivity index (χ2n) is 6.05. The van der Waals surface area contributed by atoms with Crippen molar-refractivity contribution in [2.24, 2.45) is 17.7 Å². The molecule has 0 heterocycles. The van der Waals surface area contributed by atoms with Gasteiger partial charge in [-0.15, -0.1) is 0 Å². The topological polar surface area (TPSA) is 38.0 Å². The van der Waals surface area contributed by atoms with Gasteiger partial charge in [-0.3, -0.25) is 11.3 Å². The maximum absolute atomic E-state index is 5.79. The largest absolute Gasteiger partial charge is 0.271 e. The van der Waals surface area contributed by atoms with Gasteiger partial charge < -0.3 is 0 Å². The van der Waals surface area contributed by atoms with Crippen molar-refractivity contribution in [2.75, 3.05) is 0 Å². The van der Waals surface area contributed by atoms with Gasteiger partial charge in [0.1, 0.15) is 0 Å². The quantitative estimate of drug-likeness (QED) is 0.633. The number of hydrogen-bond acceptors (Lipinski definition) is 2. The van der Waals surface area contributed by atoms with E-state index in [-0.39, 0.29) is 0 Å². The van der Waals surface area contributed by atoms with Crippen molar-refractivity contribution in [3.05, 3.63) is 34.9 Å². The number of hydrazine groups is 1. The first-order valence-corrected chi connectivity index (χ1v) is 7.13. The van der Waals surface area contributed by atoms with E-state index in [0.29, 0.717) is 6.04 Å². The Bertz CT molecular complexity index is 380. The first-order valence-electron chi connectivity index (χ1n) is 7.13. The molecule has 1 saturated carbocycles. The predicted molar refractivity (Wildman–Crippen MR) is 77.2 cm³/mol. The lowest BCUT2D eigenvalue weighted by molar-refractivity contribution is 0.297. The molecule has 0 saturated heterocycles. The van der Waals surface area contributed by atoms with E-state index in [2.05, 4.69) is 44.4 Å². The first kappa shape index (κ1) is 13.6. The number of hydrogen-bond donors (Lipinski definition) is 2. The van der Waals surface area contributed by atoms with Gasteiger partial charge in [-0.05, 0) is 44.1 Å². The molecule has 0 amide bonds. The van der Waals surface area contributed by atoms with Gasteiger partial charge in [0.15, 0.2) is 0 Å². The van der Waals surface area contributed by atoms with Crippen LogP contribution in [0, 0.1) is 25.7 Å². The van der Waals surface area contributed by atoms with Crippen molar-refractivity contribution in [1.82, 2.24) is 5.43 Å². The molecule has 1 aromatic rings. The van der Waals surface area contributed by atoms with Gasteiger partial charge in [-0.25, -0.2) is 0 Å². The Labute approximate surface area is 111 Å². The molecule has 0 aliphatic heterocycles. The van der Waals surface area contributed by atoms with E-state index in [1.807, 2.05) is 0 Å². The Balaban J connectivity index is 2.09. The van der Waals surface area contributed by atoms with E-state index < -0.39 is 0 Å². The van der Waals surface area contributed by atoms with Crippen LogP contribution in [0.1, 0.15) is 42.9 Å². The Kier molecular flexibility index (Phi) is 4.41. The van der Waals surface area contributed by atoms with E-state index in [1.165, 1.54) is 36.0 Å². The molecule has 1 aromatic carbocycles. The Hall–Kier alpha value is -0.860. The molecule has 0 spiro atoms. The fraction of sp³-hybridized carbons (Fsp3) is 0.625. The highest BCUT2D eigenvalue weighted by Crippen LogP contribution is 2.34. The molecule has 2 heteroatoms. The fourth-order valence-corrected chi connectivity index (χ4v) is 3.55. The van der Waals surface area contributed by atoms with Crippen LogP contribution in [0.25, 0.3) is 0 Å². The molecule has 3 atom stereocenters. The van der Waals surface area contributed by atoms with Crippen molar-refractivity contribution in [3.8, 4) is 0 Å². The van der Waals surface area contributed by atoms with Gasteiger partial charge in [0.25, 0.3) is 0 Å². The molecule has 3 unspecified atom stereocenters. The second kappa shape index (κ2) is 5.85. The van der Waals surface area contributed by atoms with E-state index in [4.69, 9.17) is 5.84 Å². The highest BCUT2D eigenvalue weighted by molar-refractivity contribution is 5.29. The number of benzene rings is 1. The minimum atomic E-state index is 0.420. The van der Waals surface area contributed by atoms with Gasteiger partial charge in [0.2, 0.25) is 0 Å².